The highest BCUT2D eigenvalue weighted by Gasteiger charge is 2.20. The van der Waals surface area contributed by atoms with E-state index in [1.807, 2.05) is 11.6 Å². The SMILES string of the molecule is CCC(CC)n1nc(C)c2nc(OI)c(OC)nc21. The second kappa shape index (κ2) is 5.89. The summed E-state index contributed by atoms with van der Waals surface area (Å²) >= 11 is 1.77. The summed E-state index contributed by atoms with van der Waals surface area (Å²) in [6.45, 7) is 6.22. The van der Waals surface area contributed by atoms with Gasteiger partial charge in [0.1, 0.15) is 5.52 Å². The molecule has 2 aromatic rings. The van der Waals surface area contributed by atoms with Crippen LogP contribution in [-0.4, -0.2) is 26.9 Å². The second-order valence-electron chi connectivity index (χ2n) is 4.29. The molecule has 104 valence electrons. The minimum atomic E-state index is 0.321. The lowest BCUT2D eigenvalue weighted by atomic mass is 10.2. The van der Waals surface area contributed by atoms with Gasteiger partial charge in [-0.25, -0.2) is 9.67 Å². The van der Waals surface area contributed by atoms with Gasteiger partial charge in [-0.3, -0.25) is 0 Å². The van der Waals surface area contributed by atoms with Crippen molar-refractivity contribution in [3.8, 4) is 11.8 Å². The van der Waals surface area contributed by atoms with E-state index < -0.39 is 0 Å². The van der Waals surface area contributed by atoms with E-state index in [-0.39, 0.29) is 0 Å². The van der Waals surface area contributed by atoms with Crippen LogP contribution in [0.2, 0.25) is 0 Å². The summed E-state index contributed by atoms with van der Waals surface area (Å²) in [7, 11) is 1.56. The van der Waals surface area contributed by atoms with E-state index >= 15 is 0 Å². The van der Waals surface area contributed by atoms with E-state index in [2.05, 4.69) is 28.9 Å². The first-order valence-corrected chi connectivity index (χ1v) is 7.13. The van der Waals surface area contributed by atoms with Crippen LogP contribution in [0.4, 0.5) is 0 Å². The van der Waals surface area contributed by atoms with Crippen LogP contribution in [-0.2, 0) is 0 Å². The van der Waals surface area contributed by atoms with Crippen molar-refractivity contribution in [2.24, 2.45) is 0 Å². The summed E-state index contributed by atoms with van der Waals surface area (Å²) in [6, 6.07) is 0.321. The predicted octanol–water partition coefficient (Wildman–Crippen LogP) is 3.23. The molecule has 0 aromatic carbocycles. The van der Waals surface area contributed by atoms with Crippen molar-refractivity contribution in [3.63, 3.8) is 0 Å². The fourth-order valence-corrected chi connectivity index (χ4v) is 2.41. The van der Waals surface area contributed by atoms with Gasteiger partial charge in [0.15, 0.2) is 28.7 Å². The summed E-state index contributed by atoms with van der Waals surface area (Å²) in [5.74, 6) is 0.761. The van der Waals surface area contributed by atoms with Crippen molar-refractivity contribution in [1.29, 1.82) is 0 Å². The zero-order valence-corrected chi connectivity index (χ0v) is 13.6. The van der Waals surface area contributed by atoms with Gasteiger partial charge in [-0.05, 0) is 19.8 Å². The van der Waals surface area contributed by atoms with Gasteiger partial charge in [0.2, 0.25) is 0 Å². The highest BCUT2D eigenvalue weighted by Crippen LogP contribution is 2.30. The van der Waals surface area contributed by atoms with E-state index in [4.69, 9.17) is 7.80 Å². The van der Waals surface area contributed by atoms with Crippen LogP contribution in [0.25, 0.3) is 11.2 Å². The molecular weight excluding hydrogens is 359 g/mol. The van der Waals surface area contributed by atoms with E-state index in [1.54, 1.807) is 30.1 Å². The largest absolute Gasteiger partial charge is 0.477 e. The average Bonchev–Trinajstić information content (AvgIpc) is 2.75. The number of hydrogen-bond donors (Lipinski definition) is 0. The Balaban J connectivity index is 2.68. The number of rotatable bonds is 5. The van der Waals surface area contributed by atoms with E-state index in [0.29, 0.717) is 17.8 Å². The molecule has 0 fully saturated rings. The first-order valence-electron chi connectivity index (χ1n) is 6.25. The molecule has 0 aliphatic carbocycles. The smallest absolute Gasteiger partial charge is 0.288 e. The minimum absolute atomic E-state index is 0.321. The van der Waals surface area contributed by atoms with Crippen LogP contribution in [0.15, 0.2) is 0 Å². The van der Waals surface area contributed by atoms with Crippen molar-refractivity contribution in [2.75, 3.05) is 7.11 Å². The van der Waals surface area contributed by atoms with Gasteiger partial charge < -0.3 is 7.80 Å². The summed E-state index contributed by atoms with van der Waals surface area (Å²) in [5, 5.41) is 4.56. The number of halogens is 1. The van der Waals surface area contributed by atoms with E-state index in [0.717, 1.165) is 29.7 Å². The van der Waals surface area contributed by atoms with Crippen molar-refractivity contribution in [3.05, 3.63) is 5.69 Å². The molecule has 19 heavy (non-hydrogen) atoms. The second-order valence-corrected chi connectivity index (χ2v) is 4.73. The number of ether oxygens (including phenoxy) is 1. The number of nitrogens with zero attached hydrogens (tertiary/aromatic N) is 4. The average molecular weight is 376 g/mol. The Morgan fingerprint density at radius 1 is 1.21 bits per heavy atom. The molecule has 2 rings (SSSR count). The Labute approximate surface area is 126 Å². The lowest BCUT2D eigenvalue weighted by Crippen LogP contribution is -2.10. The quantitative estimate of drug-likeness (QED) is 0.750. The number of aromatic nitrogens is 4. The molecule has 0 aliphatic rings. The summed E-state index contributed by atoms with van der Waals surface area (Å²) in [5.41, 5.74) is 2.37. The Bertz CT molecular complexity index is 581. The maximum atomic E-state index is 5.21. The molecule has 0 bridgehead atoms. The summed E-state index contributed by atoms with van der Waals surface area (Å²) < 4.78 is 12.3. The molecular formula is C12H17IN4O2. The molecule has 0 atom stereocenters. The lowest BCUT2D eigenvalue weighted by molar-refractivity contribution is 0.380. The molecule has 0 radical (unpaired) electrons. The molecule has 7 heteroatoms. The summed E-state index contributed by atoms with van der Waals surface area (Å²) in [6.07, 6.45) is 2.00. The van der Waals surface area contributed by atoms with Gasteiger partial charge in [-0.1, -0.05) is 13.8 Å². The van der Waals surface area contributed by atoms with Crippen molar-refractivity contribution in [2.45, 2.75) is 39.7 Å². The number of aryl methyl sites for hydroxylation is 1. The molecule has 0 N–H and O–H groups in total. The van der Waals surface area contributed by atoms with E-state index in [1.165, 1.54) is 0 Å². The molecule has 6 nitrogen and oxygen atoms in total. The lowest BCUT2D eigenvalue weighted by Gasteiger charge is -2.13. The van der Waals surface area contributed by atoms with Crippen LogP contribution in [0.5, 0.6) is 11.8 Å². The third-order valence-electron chi connectivity index (χ3n) is 3.19. The first kappa shape index (κ1) is 14.3. The Morgan fingerprint density at radius 2 is 1.89 bits per heavy atom. The predicted molar refractivity (Wildman–Crippen MR) is 80.9 cm³/mol. The third-order valence-corrected chi connectivity index (χ3v) is 3.60. The fourth-order valence-electron chi connectivity index (χ4n) is 2.13. The van der Waals surface area contributed by atoms with Crippen LogP contribution >= 0.6 is 23.0 Å². The van der Waals surface area contributed by atoms with E-state index in [9.17, 15) is 0 Å². The Morgan fingerprint density at radius 3 is 2.42 bits per heavy atom. The zero-order chi connectivity index (χ0) is 14.0. The normalized spacial score (nSPS) is 11.3. The van der Waals surface area contributed by atoms with Crippen molar-refractivity contribution >= 4 is 34.2 Å². The molecule has 0 spiro atoms. The van der Waals surface area contributed by atoms with Gasteiger partial charge >= 0.3 is 0 Å². The van der Waals surface area contributed by atoms with Crippen molar-refractivity contribution < 1.29 is 7.80 Å². The minimum Gasteiger partial charge on any atom is -0.477 e. The fraction of sp³-hybridized carbons (Fsp3) is 0.583. The Kier molecular flexibility index (Phi) is 4.43. The third kappa shape index (κ3) is 2.47. The van der Waals surface area contributed by atoms with Crippen LogP contribution < -0.4 is 7.80 Å². The molecule has 0 unspecified atom stereocenters. The maximum Gasteiger partial charge on any atom is 0.288 e. The number of fused-ring (bicyclic) bond motifs is 1. The number of methoxy groups -OCH3 is 1. The maximum absolute atomic E-state index is 5.21. The zero-order valence-electron chi connectivity index (χ0n) is 11.5. The summed E-state index contributed by atoms with van der Waals surface area (Å²) in [4.78, 5) is 8.92. The molecule has 0 saturated heterocycles. The standard InChI is InChI=1S/C12H17IN4O2/c1-5-8(6-2)17-10-9(7(3)16-17)14-12(19-13)11(15-10)18-4/h8H,5-6H2,1-4H3. The molecule has 2 heterocycles. The monoisotopic (exact) mass is 376 g/mol. The van der Waals surface area contributed by atoms with Crippen LogP contribution in [0.3, 0.4) is 0 Å². The molecule has 0 saturated carbocycles. The molecule has 0 aliphatic heterocycles. The van der Waals surface area contributed by atoms with Gasteiger partial charge in [-0.2, -0.15) is 10.1 Å². The van der Waals surface area contributed by atoms with Crippen LogP contribution in [0.1, 0.15) is 38.4 Å². The topological polar surface area (TPSA) is 62.1 Å². The van der Waals surface area contributed by atoms with Crippen molar-refractivity contribution in [1.82, 2.24) is 19.7 Å². The van der Waals surface area contributed by atoms with Gasteiger partial charge in [0.25, 0.3) is 11.8 Å². The molecule has 0 amide bonds. The van der Waals surface area contributed by atoms with Gasteiger partial charge in [0, 0.05) is 0 Å². The first-order chi connectivity index (χ1) is 9.15. The van der Waals surface area contributed by atoms with Gasteiger partial charge in [0.05, 0.1) is 18.8 Å². The number of hydrogen-bond acceptors (Lipinski definition) is 5. The Hall–Kier alpha value is -1.12. The highest BCUT2D eigenvalue weighted by atomic mass is 127. The molecule has 2 aromatic heterocycles. The highest BCUT2D eigenvalue weighted by molar-refractivity contribution is 14.1. The van der Waals surface area contributed by atoms with Crippen LogP contribution in [0, 0.1) is 6.92 Å². The van der Waals surface area contributed by atoms with Gasteiger partial charge in [-0.15, -0.1) is 0 Å².